The van der Waals surface area contributed by atoms with Gasteiger partial charge in [0.1, 0.15) is 5.69 Å². The van der Waals surface area contributed by atoms with Crippen LogP contribution in [0.4, 0.5) is 36.4 Å². The fourth-order valence-electron chi connectivity index (χ4n) is 3.41. The van der Waals surface area contributed by atoms with Crippen LogP contribution in [0.2, 0.25) is 0 Å². The van der Waals surface area contributed by atoms with Gasteiger partial charge in [0.05, 0.1) is 16.4 Å². The molecule has 1 saturated heterocycles. The first-order chi connectivity index (χ1) is 15.5. The summed E-state index contributed by atoms with van der Waals surface area (Å²) in [5.74, 6) is -0.451. The van der Waals surface area contributed by atoms with Gasteiger partial charge in [0.2, 0.25) is 11.9 Å². The minimum atomic E-state index is -4.68. The highest BCUT2D eigenvalue weighted by molar-refractivity contribution is 5.73. The van der Waals surface area contributed by atoms with Gasteiger partial charge in [-0.3, -0.25) is 14.9 Å². The number of aromatic nitrogens is 3. The molecule has 11 nitrogen and oxygen atoms in total. The Balaban J connectivity index is 1.62. The van der Waals surface area contributed by atoms with Crippen LogP contribution in [0, 0.1) is 16.0 Å². The highest BCUT2D eigenvalue weighted by Crippen LogP contribution is 2.37. The van der Waals surface area contributed by atoms with Gasteiger partial charge in [0, 0.05) is 33.3 Å². The second-order valence-corrected chi connectivity index (χ2v) is 7.63. The Morgan fingerprint density at radius 3 is 2.52 bits per heavy atom. The maximum Gasteiger partial charge on any atom is 0.416 e. The lowest BCUT2D eigenvalue weighted by Gasteiger charge is -2.32. The second-order valence-electron chi connectivity index (χ2n) is 7.63. The number of benzene rings is 1. The molecule has 2 aromatic rings. The SMILES string of the molecule is CN(C)c1nc(N)nc(COC(=O)C2CCN(c3ccc(C(F)(F)F)cc3[N+](=O)[O-])CC2)n1. The first-order valence-electron chi connectivity index (χ1n) is 9.90. The van der Waals surface area contributed by atoms with E-state index in [1.807, 2.05) is 0 Å². The number of ether oxygens (including phenoxy) is 1. The number of nitrogen functional groups attached to an aromatic ring is 1. The third-order valence-electron chi connectivity index (χ3n) is 5.10. The van der Waals surface area contributed by atoms with Crippen molar-refractivity contribution in [2.24, 2.45) is 5.92 Å². The van der Waals surface area contributed by atoms with Crippen LogP contribution >= 0.6 is 0 Å². The van der Waals surface area contributed by atoms with Gasteiger partial charge in [-0.05, 0) is 25.0 Å². The predicted molar refractivity (Wildman–Crippen MR) is 111 cm³/mol. The van der Waals surface area contributed by atoms with Gasteiger partial charge in [0.25, 0.3) is 5.69 Å². The molecule has 0 saturated carbocycles. The molecule has 0 spiro atoms. The lowest BCUT2D eigenvalue weighted by molar-refractivity contribution is -0.384. The van der Waals surface area contributed by atoms with Crippen LogP contribution in [0.1, 0.15) is 24.2 Å². The fourth-order valence-corrected chi connectivity index (χ4v) is 3.41. The van der Waals surface area contributed by atoms with Crippen molar-refractivity contribution in [2.75, 3.05) is 42.7 Å². The van der Waals surface area contributed by atoms with Crippen LogP contribution in [0.15, 0.2) is 18.2 Å². The molecule has 0 radical (unpaired) electrons. The molecule has 2 heterocycles. The summed E-state index contributed by atoms with van der Waals surface area (Å²) in [6.45, 7) is 0.294. The lowest BCUT2D eigenvalue weighted by atomic mass is 9.96. The zero-order valence-electron chi connectivity index (χ0n) is 17.9. The van der Waals surface area contributed by atoms with Crippen LogP contribution < -0.4 is 15.5 Å². The summed E-state index contributed by atoms with van der Waals surface area (Å²) in [6.07, 6.45) is -4.05. The smallest absolute Gasteiger partial charge is 0.416 e. The number of alkyl halides is 3. The third-order valence-corrected chi connectivity index (χ3v) is 5.10. The zero-order chi connectivity index (χ0) is 24.3. The van der Waals surface area contributed by atoms with Gasteiger partial charge in [0.15, 0.2) is 12.4 Å². The molecule has 1 aliphatic rings. The summed E-state index contributed by atoms with van der Waals surface area (Å²) in [6, 6.07) is 2.43. The standard InChI is InChI=1S/C19H22F3N7O4/c1-27(2)18-25-15(24-17(23)26-18)10-33-16(30)11-5-7-28(8-6-11)13-4-3-12(19(20,21)22)9-14(13)29(31)32/h3-4,9,11H,5-8,10H2,1-2H3,(H2,23,24,25,26). The number of esters is 1. The van der Waals surface area contributed by atoms with Gasteiger partial charge >= 0.3 is 12.1 Å². The molecule has 3 rings (SSSR count). The number of nitro groups is 1. The van der Waals surface area contributed by atoms with Crippen molar-refractivity contribution in [3.8, 4) is 0 Å². The van der Waals surface area contributed by atoms with E-state index in [0.29, 0.717) is 24.9 Å². The zero-order valence-corrected chi connectivity index (χ0v) is 17.9. The number of rotatable bonds is 6. The Bertz CT molecular complexity index is 1040. The second kappa shape index (κ2) is 9.42. The molecule has 2 N–H and O–H groups in total. The molecule has 0 bridgehead atoms. The number of nitrogens with zero attached hydrogens (tertiary/aromatic N) is 6. The van der Waals surface area contributed by atoms with E-state index < -0.39 is 34.2 Å². The van der Waals surface area contributed by atoms with E-state index in [4.69, 9.17) is 10.5 Å². The molecule has 0 amide bonds. The molecule has 0 unspecified atom stereocenters. The van der Waals surface area contributed by atoms with E-state index in [0.717, 1.165) is 12.1 Å². The van der Waals surface area contributed by atoms with Gasteiger partial charge in [-0.15, -0.1) is 0 Å². The number of carbonyl (C=O) groups excluding carboxylic acids is 1. The van der Waals surface area contributed by atoms with Gasteiger partial charge in [-0.25, -0.2) is 0 Å². The van der Waals surface area contributed by atoms with Crippen LogP contribution in [-0.4, -0.2) is 53.0 Å². The maximum absolute atomic E-state index is 12.9. The molecule has 1 aromatic carbocycles. The molecule has 178 valence electrons. The van der Waals surface area contributed by atoms with E-state index >= 15 is 0 Å². The van der Waals surface area contributed by atoms with E-state index in [2.05, 4.69) is 15.0 Å². The van der Waals surface area contributed by atoms with Crippen molar-refractivity contribution >= 4 is 29.2 Å². The maximum atomic E-state index is 12.9. The molecule has 1 fully saturated rings. The monoisotopic (exact) mass is 469 g/mol. The average Bonchev–Trinajstić information content (AvgIpc) is 2.76. The lowest BCUT2D eigenvalue weighted by Crippen LogP contribution is -2.37. The molecule has 14 heteroatoms. The number of halogens is 3. The number of hydrogen-bond acceptors (Lipinski definition) is 10. The minimum absolute atomic E-state index is 0.00815. The Hall–Kier alpha value is -3.71. The third kappa shape index (κ3) is 5.75. The topological polar surface area (TPSA) is 141 Å². The summed E-state index contributed by atoms with van der Waals surface area (Å²) < 4.78 is 44.0. The first kappa shape index (κ1) is 23.9. The van der Waals surface area contributed by atoms with Crippen LogP contribution in [0.25, 0.3) is 0 Å². The number of nitro benzene ring substituents is 1. The Labute approximate surface area is 186 Å². The summed E-state index contributed by atoms with van der Waals surface area (Å²) in [4.78, 5) is 38.2. The van der Waals surface area contributed by atoms with Crippen molar-refractivity contribution in [1.82, 2.24) is 15.0 Å². The highest BCUT2D eigenvalue weighted by Gasteiger charge is 2.35. The molecule has 1 aromatic heterocycles. The molecular formula is C19H22F3N7O4. The quantitative estimate of drug-likeness (QED) is 0.381. The number of piperidine rings is 1. The minimum Gasteiger partial charge on any atom is -0.457 e. The number of hydrogen-bond donors (Lipinski definition) is 1. The molecular weight excluding hydrogens is 447 g/mol. The van der Waals surface area contributed by atoms with Crippen molar-refractivity contribution in [1.29, 1.82) is 0 Å². The van der Waals surface area contributed by atoms with E-state index in [9.17, 15) is 28.1 Å². The number of nitrogens with two attached hydrogens (primary N) is 1. The van der Waals surface area contributed by atoms with Crippen LogP contribution in [0.3, 0.4) is 0 Å². The summed E-state index contributed by atoms with van der Waals surface area (Å²) in [5.41, 5.74) is 4.00. The summed E-state index contributed by atoms with van der Waals surface area (Å²) in [5, 5.41) is 11.3. The van der Waals surface area contributed by atoms with E-state index in [-0.39, 0.29) is 37.2 Å². The van der Waals surface area contributed by atoms with E-state index in [1.54, 1.807) is 23.9 Å². The van der Waals surface area contributed by atoms with Gasteiger partial charge in [-0.2, -0.15) is 28.1 Å². The average molecular weight is 469 g/mol. The fraction of sp³-hybridized carbons (Fsp3) is 0.474. The Kier molecular flexibility index (Phi) is 6.84. The largest absolute Gasteiger partial charge is 0.457 e. The normalized spacial score (nSPS) is 14.8. The number of carbonyl (C=O) groups is 1. The van der Waals surface area contributed by atoms with Gasteiger partial charge in [-0.1, -0.05) is 0 Å². The number of anilines is 3. The van der Waals surface area contributed by atoms with Crippen molar-refractivity contribution in [3.63, 3.8) is 0 Å². The first-order valence-corrected chi connectivity index (χ1v) is 9.90. The highest BCUT2D eigenvalue weighted by atomic mass is 19.4. The van der Waals surface area contributed by atoms with E-state index in [1.165, 1.54) is 0 Å². The molecule has 0 atom stereocenters. The van der Waals surface area contributed by atoms with Crippen LogP contribution in [-0.2, 0) is 22.3 Å². The summed E-state index contributed by atoms with van der Waals surface area (Å²) in [7, 11) is 3.44. The van der Waals surface area contributed by atoms with Crippen molar-refractivity contribution in [3.05, 3.63) is 39.7 Å². The predicted octanol–water partition coefficient (Wildman–Crippen LogP) is 2.41. The Morgan fingerprint density at radius 1 is 1.27 bits per heavy atom. The van der Waals surface area contributed by atoms with Crippen molar-refractivity contribution < 1.29 is 27.6 Å². The molecule has 1 aliphatic heterocycles. The van der Waals surface area contributed by atoms with Crippen molar-refractivity contribution in [2.45, 2.75) is 25.6 Å². The molecule has 0 aliphatic carbocycles. The van der Waals surface area contributed by atoms with Gasteiger partial charge < -0.3 is 20.3 Å². The van der Waals surface area contributed by atoms with Crippen LogP contribution in [0.5, 0.6) is 0 Å². The molecule has 33 heavy (non-hydrogen) atoms. The Morgan fingerprint density at radius 2 is 1.94 bits per heavy atom. The summed E-state index contributed by atoms with van der Waals surface area (Å²) >= 11 is 0.